The van der Waals surface area contributed by atoms with E-state index in [2.05, 4.69) is 17.6 Å². The Morgan fingerprint density at radius 2 is 1.68 bits per heavy atom. The number of anilines is 1. The van der Waals surface area contributed by atoms with Crippen LogP contribution in [0.5, 0.6) is 5.75 Å². The second-order valence-electron chi connectivity index (χ2n) is 8.30. The van der Waals surface area contributed by atoms with Crippen LogP contribution >= 0.6 is 12.2 Å². The molecule has 1 amide bonds. The molecule has 2 aromatic rings. The Balaban J connectivity index is 1.58. The maximum Gasteiger partial charge on any atom is 0.261 e. The van der Waals surface area contributed by atoms with Crippen molar-refractivity contribution >= 4 is 38.9 Å². The van der Waals surface area contributed by atoms with E-state index in [1.54, 1.807) is 46.8 Å². The van der Waals surface area contributed by atoms with Crippen molar-refractivity contribution in [2.45, 2.75) is 56.8 Å². The van der Waals surface area contributed by atoms with Crippen LogP contribution in [-0.4, -0.2) is 43.4 Å². The predicted molar refractivity (Wildman–Crippen MR) is 139 cm³/mol. The minimum Gasteiger partial charge on any atom is -0.493 e. The summed E-state index contributed by atoms with van der Waals surface area (Å²) in [6.45, 7) is 3.79. The van der Waals surface area contributed by atoms with Gasteiger partial charge in [0.05, 0.1) is 17.1 Å². The molecule has 2 N–H and O–H groups in total. The van der Waals surface area contributed by atoms with Gasteiger partial charge in [0.15, 0.2) is 5.11 Å². The zero-order valence-electron chi connectivity index (χ0n) is 19.6. The number of benzene rings is 2. The van der Waals surface area contributed by atoms with Crippen molar-refractivity contribution in [1.29, 1.82) is 0 Å². The van der Waals surface area contributed by atoms with Crippen LogP contribution < -0.4 is 15.4 Å². The first-order chi connectivity index (χ1) is 16.4. The van der Waals surface area contributed by atoms with Gasteiger partial charge in [0, 0.05) is 18.8 Å². The molecule has 7 nitrogen and oxygen atoms in total. The molecule has 0 spiro atoms. The highest BCUT2D eigenvalue weighted by Gasteiger charge is 2.25. The number of amides is 1. The lowest BCUT2D eigenvalue weighted by Gasteiger charge is -2.20. The van der Waals surface area contributed by atoms with Gasteiger partial charge in [0.25, 0.3) is 5.91 Å². The fourth-order valence-electron chi connectivity index (χ4n) is 3.79. The van der Waals surface area contributed by atoms with Crippen LogP contribution in [0.1, 0.15) is 62.2 Å². The fraction of sp³-hybridized carbons (Fsp3) is 0.440. The molecule has 3 rings (SSSR count). The molecule has 184 valence electrons. The summed E-state index contributed by atoms with van der Waals surface area (Å²) in [7, 11) is -3.51. The third kappa shape index (κ3) is 7.25. The van der Waals surface area contributed by atoms with Crippen molar-refractivity contribution in [2.24, 2.45) is 0 Å². The molecule has 0 saturated carbocycles. The van der Waals surface area contributed by atoms with Crippen molar-refractivity contribution in [3.05, 3.63) is 54.1 Å². The van der Waals surface area contributed by atoms with Crippen molar-refractivity contribution in [2.75, 3.05) is 25.0 Å². The van der Waals surface area contributed by atoms with Gasteiger partial charge in [-0.2, -0.15) is 4.31 Å². The highest BCUT2D eigenvalue weighted by molar-refractivity contribution is 7.89. The Labute approximate surface area is 207 Å². The molecule has 0 unspecified atom stereocenters. The van der Waals surface area contributed by atoms with Crippen molar-refractivity contribution in [3.8, 4) is 5.75 Å². The minimum absolute atomic E-state index is 0.119. The summed E-state index contributed by atoms with van der Waals surface area (Å²) in [5.74, 6) is 0.144. The number of rotatable bonds is 9. The van der Waals surface area contributed by atoms with E-state index < -0.39 is 10.0 Å². The largest absolute Gasteiger partial charge is 0.493 e. The maximum absolute atomic E-state index is 12.9. The molecular formula is C25H33N3O4S2. The van der Waals surface area contributed by atoms with Gasteiger partial charge in [-0.3, -0.25) is 10.1 Å². The number of carbonyl (C=O) groups is 1. The number of sulfonamides is 1. The van der Waals surface area contributed by atoms with Gasteiger partial charge < -0.3 is 10.1 Å². The van der Waals surface area contributed by atoms with Gasteiger partial charge in [-0.1, -0.05) is 44.7 Å². The molecular weight excluding hydrogens is 470 g/mol. The van der Waals surface area contributed by atoms with Crippen molar-refractivity contribution < 1.29 is 17.9 Å². The lowest BCUT2D eigenvalue weighted by Crippen LogP contribution is -2.34. The number of hydrogen-bond donors (Lipinski definition) is 2. The monoisotopic (exact) mass is 503 g/mol. The van der Waals surface area contributed by atoms with Gasteiger partial charge in [0.2, 0.25) is 10.0 Å². The summed E-state index contributed by atoms with van der Waals surface area (Å²) in [5.41, 5.74) is 0.992. The minimum atomic E-state index is -3.51. The Kier molecular flexibility index (Phi) is 9.86. The van der Waals surface area contributed by atoms with E-state index in [4.69, 9.17) is 17.0 Å². The highest BCUT2D eigenvalue weighted by atomic mass is 32.2. The van der Waals surface area contributed by atoms with Crippen molar-refractivity contribution in [3.63, 3.8) is 0 Å². The molecule has 0 aromatic heterocycles. The lowest BCUT2D eigenvalue weighted by molar-refractivity contribution is 0.0973. The first-order valence-corrected chi connectivity index (χ1v) is 13.7. The van der Waals surface area contributed by atoms with Crippen LogP contribution in [0.3, 0.4) is 0 Å². The van der Waals surface area contributed by atoms with E-state index in [0.717, 1.165) is 44.9 Å². The molecule has 1 saturated heterocycles. The Bertz CT molecular complexity index is 1060. The predicted octanol–water partition coefficient (Wildman–Crippen LogP) is 4.95. The number of unbranched alkanes of at least 4 members (excludes halogenated alkanes) is 2. The summed E-state index contributed by atoms with van der Waals surface area (Å²) in [5, 5.41) is 5.72. The quantitative estimate of drug-likeness (QED) is 0.372. The number of thiocarbonyl (C=S) groups is 1. The summed E-state index contributed by atoms with van der Waals surface area (Å²) in [6.07, 6.45) is 6.99. The van der Waals surface area contributed by atoms with Crippen LogP contribution in [0, 0.1) is 0 Å². The van der Waals surface area contributed by atoms with Crippen LogP contribution in [0.4, 0.5) is 5.69 Å². The highest BCUT2D eigenvalue weighted by Crippen LogP contribution is 2.22. The smallest absolute Gasteiger partial charge is 0.261 e. The topological polar surface area (TPSA) is 87.7 Å². The molecule has 2 aromatic carbocycles. The second-order valence-corrected chi connectivity index (χ2v) is 10.6. The fourth-order valence-corrected chi connectivity index (χ4v) is 5.52. The lowest BCUT2D eigenvalue weighted by atomic mass is 10.2. The summed E-state index contributed by atoms with van der Waals surface area (Å²) >= 11 is 5.29. The van der Waals surface area contributed by atoms with Crippen LogP contribution in [0.25, 0.3) is 0 Å². The number of hydrogen-bond acceptors (Lipinski definition) is 5. The maximum atomic E-state index is 12.9. The molecule has 9 heteroatoms. The molecule has 0 radical (unpaired) electrons. The first-order valence-electron chi connectivity index (χ1n) is 11.9. The van der Waals surface area contributed by atoms with Gasteiger partial charge >= 0.3 is 0 Å². The van der Waals surface area contributed by atoms with Crippen molar-refractivity contribution in [1.82, 2.24) is 9.62 Å². The average molecular weight is 504 g/mol. The van der Waals surface area contributed by atoms with Gasteiger partial charge in [-0.05, 0) is 67.9 Å². The second kappa shape index (κ2) is 12.8. The van der Waals surface area contributed by atoms with E-state index in [1.165, 1.54) is 0 Å². The Morgan fingerprint density at radius 3 is 2.35 bits per heavy atom. The van der Waals surface area contributed by atoms with Crippen LogP contribution in [-0.2, 0) is 10.0 Å². The van der Waals surface area contributed by atoms with Gasteiger partial charge in [0.1, 0.15) is 5.75 Å². The molecule has 1 heterocycles. The number of ether oxygens (including phenoxy) is 1. The van der Waals surface area contributed by atoms with E-state index >= 15 is 0 Å². The molecule has 0 aliphatic carbocycles. The van der Waals surface area contributed by atoms with Crippen LogP contribution in [0.15, 0.2) is 53.4 Å². The standard InChI is InChI=1S/C25H33N3O4S2/c1-2-3-10-19-32-23-12-7-6-11-22(23)24(29)27-25(33)26-20-13-15-21(16-14-20)34(30,31)28-17-8-4-5-9-18-28/h6-7,11-16H,2-5,8-10,17-19H2,1H3,(H2,26,27,29,33). The first kappa shape index (κ1) is 26.1. The summed E-state index contributed by atoms with van der Waals surface area (Å²) < 4.78 is 33.2. The summed E-state index contributed by atoms with van der Waals surface area (Å²) in [4.78, 5) is 13.0. The zero-order valence-corrected chi connectivity index (χ0v) is 21.2. The van der Waals surface area contributed by atoms with E-state index in [-0.39, 0.29) is 15.9 Å². The normalized spacial score (nSPS) is 14.7. The summed E-state index contributed by atoms with van der Waals surface area (Å²) in [6, 6.07) is 13.5. The molecule has 1 aliphatic rings. The molecule has 34 heavy (non-hydrogen) atoms. The Morgan fingerprint density at radius 1 is 1.00 bits per heavy atom. The number of nitrogens with zero attached hydrogens (tertiary/aromatic N) is 1. The average Bonchev–Trinajstić information content (AvgIpc) is 3.13. The van der Waals surface area contributed by atoms with E-state index in [9.17, 15) is 13.2 Å². The molecule has 1 fully saturated rings. The van der Waals surface area contributed by atoms with Crippen LogP contribution in [0.2, 0.25) is 0 Å². The van der Waals surface area contributed by atoms with E-state index in [1.807, 2.05) is 6.07 Å². The third-order valence-electron chi connectivity index (χ3n) is 5.68. The zero-order chi connectivity index (χ0) is 24.4. The Hall–Kier alpha value is -2.49. The number of carbonyl (C=O) groups excluding carboxylic acids is 1. The molecule has 0 bridgehead atoms. The van der Waals surface area contributed by atoms with E-state index in [0.29, 0.717) is 36.7 Å². The SMILES string of the molecule is CCCCCOc1ccccc1C(=O)NC(=S)Nc1ccc(S(=O)(=O)N2CCCCCC2)cc1. The number of para-hydroxylation sites is 1. The number of nitrogens with one attached hydrogen (secondary N) is 2. The molecule has 0 atom stereocenters. The van der Waals surface area contributed by atoms with Gasteiger partial charge in [-0.15, -0.1) is 0 Å². The third-order valence-corrected chi connectivity index (χ3v) is 7.80. The molecule has 1 aliphatic heterocycles. The van der Waals surface area contributed by atoms with Gasteiger partial charge in [-0.25, -0.2) is 8.42 Å².